The molecule has 1 amide bonds. The van der Waals surface area contributed by atoms with Crippen molar-refractivity contribution in [3.63, 3.8) is 0 Å². The minimum atomic E-state index is -0.373. The summed E-state index contributed by atoms with van der Waals surface area (Å²) in [6.07, 6.45) is 3.65. The summed E-state index contributed by atoms with van der Waals surface area (Å²) in [4.78, 5) is 14.0. The number of hydrogen-bond acceptors (Lipinski definition) is 3. The molecule has 0 aromatic carbocycles. The molecule has 6 heteroatoms. The Morgan fingerprint density at radius 3 is 2.71 bits per heavy atom. The number of H-pyrrole nitrogens is 1. The SMILES string of the molecule is CCCC(C)(C)OC(=O)N1CCC(c2cc(I)n[nH]2)CC1. The van der Waals surface area contributed by atoms with Gasteiger partial charge in [-0.3, -0.25) is 5.10 Å². The highest BCUT2D eigenvalue weighted by Gasteiger charge is 2.29. The smallest absolute Gasteiger partial charge is 0.410 e. The molecule has 1 aliphatic rings. The molecule has 0 radical (unpaired) electrons. The van der Waals surface area contributed by atoms with E-state index in [2.05, 4.69) is 45.8 Å². The molecule has 0 saturated carbocycles. The summed E-state index contributed by atoms with van der Waals surface area (Å²) in [7, 11) is 0. The first-order valence-corrected chi connectivity index (χ1v) is 8.68. The maximum Gasteiger partial charge on any atom is 0.410 e. The van der Waals surface area contributed by atoms with Crippen LogP contribution in [0.15, 0.2) is 6.07 Å². The molecule has 5 nitrogen and oxygen atoms in total. The van der Waals surface area contributed by atoms with Gasteiger partial charge in [0.25, 0.3) is 0 Å². The van der Waals surface area contributed by atoms with Gasteiger partial charge in [-0.2, -0.15) is 5.10 Å². The molecule has 1 aromatic rings. The number of nitrogens with zero attached hydrogens (tertiary/aromatic N) is 2. The number of likely N-dealkylation sites (tertiary alicyclic amines) is 1. The zero-order valence-corrected chi connectivity index (χ0v) is 15.1. The molecule has 0 spiro atoms. The molecule has 0 bridgehead atoms. The minimum Gasteiger partial charge on any atom is -0.443 e. The van der Waals surface area contributed by atoms with E-state index in [1.807, 2.05) is 18.7 Å². The van der Waals surface area contributed by atoms with E-state index in [0.29, 0.717) is 5.92 Å². The maximum absolute atomic E-state index is 12.2. The lowest BCUT2D eigenvalue weighted by atomic mass is 9.94. The zero-order valence-electron chi connectivity index (χ0n) is 13.0. The number of ether oxygens (including phenoxy) is 1. The summed E-state index contributed by atoms with van der Waals surface area (Å²) in [6.45, 7) is 7.57. The van der Waals surface area contributed by atoms with Gasteiger partial charge in [0, 0.05) is 24.7 Å². The monoisotopic (exact) mass is 405 g/mol. The minimum absolute atomic E-state index is 0.175. The number of rotatable bonds is 4. The van der Waals surface area contributed by atoms with Gasteiger partial charge in [0.1, 0.15) is 9.30 Å². The van der Waals surface area contributed by atoms with E-state index in [9.17, 15) is 4.79 Å². The van der Waals surface area contributed by atoms with Gasteiger partial charge in [-0.25, -0.2) is 4.79 Å². The molecular weight excluding hydrogens is 381 g/mol. The molecule has 118 valence electrons. The second kappa shape index (κ2) is 6.98. The highest BCUT2D eigenvalue weighted by Crippen LogP contribution is 2.28. The first-order valence-electron chi connectivity index (χ1n) is 7.60. The van der Waals surface area contributed by atoms with Crippen molar-refractivity contribution in [1.82, 2.24) is 15.1 Å². The first kappa shape index (κ1) is 16.6. The quantitative estimate of drug-likeness (QED) is 0.773. The van der Waals surface area contributed by atoms with Gasteiger partial charge in [-0.1, -0.05) is 13.3 Å². The molecule has 1 aliphatic heterocycles. The van der Waals surface area contributed by atoms with Gasteiger partial charge in [0.05, 0.1) is 0 Å². The Morgan fingerprint density at radius 2 is 2.19 bits per heavy atom. The van der Waals surface area contributed by atoms with Gasteiger partial charge >= 0.3 is 6.09 Å². The lowest BCUT2D eigenvalue weighted by molar-refractivity contribution is 0.00434. The number of nitrogens with one attached hydrogen (secondary N) is 1. The van der Waals surface area contributed by atoms with Crippen LogP contribution in [-0.2, 0) is 4.74 Å². The third-order valence-corrected chi connectivity index (χ3v) is 4.53. The Labute approximate surface area is 139 Å². The van der Waals surface area contributed by atoms with E-state index in [1.54, 1.807) is 0 Å². The topological polar surface area (TPSA) is 58.2 Å². The van der Waals surface area contributed by atoms with E-state index in [0.717, 1.165) is 42.5 Å². The summed E-state index contributed by atoms with van der Waals surface area (Å²) in [5.74, 6) is 0.466. The predicted octanol–water partition coefficient (Wildman–Crippen LogP) is 3.91. The number of amides is 1. The molecule has 1 N–H and O–H groups in total. The number of carbonyl (C=O) groups excluding carboxylic acids is 1. The number of aromatic nitrogens is 2. The van der Waals surface area contributed by atoms with Crippen molar-refractivity contribution in [2.75, 3.05) is 13.1 Å². The molecule has 2 heterocycles. The lowest BCUT2D eigenvalue weighted by Crippen LogP contribution is -2.42. The van der Waals surface area contributed by atoms with E-state index < -0.39 is 0 Å². The van der Waals surface area contributed by atoms with Crippen molar-refractivity contribution >= 4 is 28.7 Å². The van der Waals surface area contributed by atoms with Crippen molar-refractivity contribution in [2.45, 2.75) is 58.0 Å². The van der Waals surface area contributed by atoms with Crippen molar-refractivity contribution in [3.05, 3.63) is 15.5 Å². The molecule has 1 fully saturated rings. The van der Waals surface area contributed by atoms with E-state index in [-0.39, 0.29) is 11.7 Å². The number of carbonyl (C=O) groups is 1. The molecule has 21 heavy (non-hydrogen) atoms. The molecule has 1 saturated heterocycles. The van der Waals surface area contributed by atoms with Crippen molar-refractivity contribution in [3.8, 4) is 0 Å². The summed E-state index contributed by atoms with van der Waals surface area (Å²) in [6, 6.07) is 2.09. The van der Waals surface area contributed by atoms with Crippen LogP contribution in [0.5, 0.6) is 0 Å². The Bertz CT molecular complexity index is 479. The molecular formula is C15H24IN3O2. The van der Waals surface area contributed by atoms with Gasteiger partial charge in [-0.05, 0) is 61.8 Å². The number of piperidine rings is 1. The van der Waals surface area contributed by atoms with Crippen LogP contribution >= 0.6 is 22.6 Å². The average molecular weight is 405 g/mol. The van der Waals surface area contributed by atoms with Gasteiger partial charge < -0.3 is 9.64 Å². The van der Waals surface area contributed by atoms with Gasteiger partial charge in [0.15, 0.2) is 0 Å². The van der Waals surface area contributed by atoms with Crippen LogP contribution in [0.3, 0.4) is 0 Å². The molecule has 2 rings (SSSR count). The van der Waals surface area contributed by atoms with Crippen LogP contribution in [0.1, 0.15) is 58.1 Å². The summed E-state index contributed by atoms with van der Waals surface area (Å²) >= 11 is 2.21. The number of halogens is 1. The van der Waals surface area contributed by atoms with Gasteiger partial charge in [0.2, 0.25) is 0 Å². The third kappa shape index (κ3) is 4.59. The normalized spacial score (nSPS) is 17.0. The van der Waals surface area contributed by atoms with E-state index in [4.69, 9.17) is 4.74 Å². The molecule has 0 aliphatic carbocycles. The Hall–Kier alpha value is -0.790. The van der Waals surface area contributed by atoms with Crippen LogP contribution in [0.4, 0.5) is 4.79 Å². The summed E-state index contributed by atoms with van der Waals surface area (Å²) < 4.78 is 6.62. The van der Waals surface area contributed by atoms with E-state index >= 15 is 0 Å². The largest absolute Gasteiger partial charge is 0.443 e. The fraction of sp³-hybridized carbons (Fsp3) is 0.733. The lowest BCUT2D eigenvalue weighted by Gasteiger charge is -2.34. The van der Waals surface area contributed by atoms with Crippen LogP contribution in [0, 0.1) is 3.70 Å². The number of aromatic amines is 1. The Kier molecular flexibility index (Phi) is 5.51. The second-order valence-electron chi connectivity index (χ2n) is 6.28. The maximum atomic E-state index is 12.2. The second-order valence-corrected chi connectivity index (χ2v) is 7.39. The molecule has 0 atom stereocenters. The molecule has 0 unspecified atom stereocenters. The van der Waals surface area contributed by atoms with Crippen LogP contribution in [0.2, 0.25) is 0 Å². The van der Waals surface area contributed by atoms with Crippen molar-refractivity contribution in [2.24, 2.45) is 0 Å². The van der Waals surface area contributed by atoms with Crippen LogP contribution < -0.4 is 0 Å². The fourth-order valence-corrected chi connectivity index (χ4v) is 3.30. The third-order valence-electron chi connectivity index (χ3n) is 3.98. The molecule has 1 aromatic heterocycles. The Morgan fingerprint density at radius 1 is 1.52 bits per heavy atom. The van der Waals surface area contributed by atoms with Crippen LogP contribution in [0.25, 0.3) is 0 Å². The first-order chi connectivity index (χ1) is 9.91. The van der Waals surface area contributed by atoms with Crippen molar-refractivity contribution in [1.29, 1.82) is 0 Å². The summed E-state index contributed by atoms with van der Waals surface area (Å²) in [5, 5.41) is 7.25. The number of hydrogen-bond donors (Lipinski definition) is 1. The van der Waals surface area contributed by atoms with Crippen molar-refractivity contribution < 1.29 is 9.53 Å². The zero-order chi connectivity index (χ0) is 15.5. The average Bonchev–Trinajstić information content (AvgIpc) is 2.85. The fourth-order valence-electron chi connectivity index (χ4n) is 2.85. The Balaban J connectivity index is 1.84. The highest BCUT2D eigenvalue weighted by molar-refractivity contribution is 14.1. The predicted molar refractivity (Wildman–Crippen MR) is 90.3 cm³/mol. The van der Waals surface area contributed by atoms with Gasteiger partial charge in [-0.15, -0.1) is 0 Å². The van der Waals surface area contributed by atoms with Crippen LogP contribution in [-0.4, -0.2) is 39.9 Å². The standard InChI is InChI=1S/C15H24IN3O2/c1-4-7-15(2,3)21-14(20)19-8-5-11(6-9-19)12-10-13(16)18-17-12/h10-11H,4-9H2,1-3H3,(H,17,18). The highest BCUT2D eigenvalue weighted by atomic mass is 127. The van der Waals surface area contributed by atoms with E-state index in [1.165, 1.54) is 5.69 Å². The summed E-state index contributed by atoms with van der Waals surface area (Å²) in [5.41, 5.74) is 0.807.